The normalized spacial score (nSPS) is 26.1. The van der Waals surface area contributed by atoms with Gasteiger partial charge in [0.05, 0.1) is 12.1 Å². The van der Waals surface area contributed by atoms with Crippen molar-refractivity contribution in [3.05, 3.63) is 54.0 Å². The zero-order valence-corrected chi connectivity index (χ0v) is 20.6. The Labute approximate surface area is 201 Å². The summed E-state index contributed by atoms with van der Waals surface area (Å²) < 4.78 is 49.0. The summed E-state index contributed by atoms with van der Waals surface area (Å²) in [5.74, 6) is 1.37. The van der Waals surface area contributed by atoms with Crippen LogP contribution in [-0.2, 0) is 14.9 Å². The van der Waals surface area contributed by atoms with Gasteiger partial charge in [-0.3, -0.25) is 0 Å². The molecule has 34 heavy (non-hydrogen) atoms. The fourth-order valence-corrected chi connectivity index (χ4v) is 5.73. The molecule has 1 aromatic heterocycles. The number of ether oxygens (including phenoxy) is 1. The first-order chi connectivity index (χ1) is 16.3. The SMILES string of the molecule is CN(C)S(=O)(=O)N[C@H]1CCN(c2cccnn2)C[C@H]1OCC1CCC(c2cccc(F)c2)CC1. The van der Waals surface area contributed by atoms with Crippen LogP contribution in [0.5, 0.6) is 0 Å². The highest BCUT2D eigenvalue weighted by Crippen LogP contribution is 2.36. The summed E-state index contributed by atoms with van der Waals surface area (Å²) >= 11 is 0. The molecule has 0 spiro atoms. The average molecular weight is 492 g/mol. The Morgan fingerprint density at radius 3 is 2.62 bits per heavy atom. The van der Waals surface area contributed by atoms with Crippen LogP contribution < -0.4 is 9.62 Å². The molecule has 4 rings (SSSR count). The topological polar surface area (TPSA) is 87.7 Å². The highest BCUT2D eigenvalue weighted by atomic mass is 32.2. The molecule has 0 bridgehead atoms. The first kappa shape index (κ1) is 25.0. The van der Waals surface area contributed by atoms with Crippen LogP contribution in [0.15, 0.2) is 42.6 Å². The highest BCUT2D eigenvalue weighted by Gasteiger charge is 2.35. The second-order valence-corrected chi connectivity index (χ2v) is 11.4. The van der Waals surface area contributed by atoms with Crippen LogP contribution in [0.2, 0.25) is 0 Å². The van der Waals surface area contributed by atoms with Gasteiger partial charge in [-0.25, -0.2) is 4.39 Å². The Morgan fingerprint density at radius 1 is 1.15 bits per heavy atom. The summed E-state index contributed by atoms with van der Waals surface area (Å²) in [4.78, 5) is 2.10. The molecule has 1 aliphatic carbocycles. The fourth-order valence-electron chi connectivity index (χ4n) is 4.87. The quantitative estimate of drug-likeness (QED) is 0.611. The van der Waals surface area contributed by atoms with Crippen molar-refractivity contribution >= 4 is 16.0 Å². The van der Waals surface area contributed by atoms with E-state index in [0.29, 0.717) is 38.0 Å². The Kier molecular flexibility index (Phi) is 8.13. The van der Waals surface area contributed by atoms with Crippen LogP contribution in [0.4, 0.5) is 10.2 Å². The van der Waals surface area contributed by atoms with Crippen LogP contribution in [0.3, 0.4) is 0 Å². The summed E-state index contributed by atoms with van der Waals surface area (Å²) in [5.41, 5.74) is 1.07. The first-order valence-electron chi connectivity index (χ1n) is 11.9. The molecule has 10 heteroatoms. The minimum Gasteiger partial charge on any atom is -0.374 e. The molecule has 8 nitrogen and oxygen atoms in total. The van der Waals surface area contributed by atoms with Gasteiger partial charge >= 0.3 is 0 Å². The van der Waals surface area contributed by atoms with Crippen molar-refractivity contribution in [1.29, 1.82) is 0 Å². The molecule has 0 unspecified atom stereocenters. The molecule has 2 aromatic rings. The van der Waals surface area contributed by atoms with Crippen molar-refractivity contribution in [1.82, 2.24) is 19.2 Å². The molecule has 1 saturated carbocycles. The van der Waals surface area contributed by atoms with E-state index in [2.05, 4.69) is 19.8 Å². The molecule has 2 fully saturated rings. The van der Waals surface area contributed by atoms with Gasteiger partial charge in [-0.1, -0.05) is 12.1 Å². The average Bonchev–Trinajstić information content (AvgIpc) is 2.84. The lowest BCUT2D eigenvalue weighted by molar-refractivity contribution is -0.00156. The van der Waals surface area contributed by atoms with Crippen LogP contribution >= 0.6 is 0 Å². The zero-order chi connectivity index (χ0) is 24.1. The molecule has 0 radical (unpaired) electrons. The minimum atomic E-state index is -3.57. The second-order valence-electron chi connectivity index (χ2n) is 9.47. The number of nitrogens with zero attached hydrogens (tertiary/aromatic N) is 4. The lowest BCUT2D eigenvalue weighted by Crippen LogP contribution is -2.57. The number of hydrogen-bond acceptors (Lipinski definition) is 6. The smallest absolute Gasteiger partial charge is 0.279 e. The Morgan fingerprint density at radius 2 is 1.94 bits per heavy atom. The molecular weight excluding hydrogens is 457 g/mol. The predicted octanol–water partition coefficient (Wildman–Crippen LogP) is 2.95. The summed E-state index contributed by atoms with van der Waals surface area (Å²) in [5, 5.41) is 8.17. The largest absolute Gasteiger partial charge is 0.374 e. The van der Waals surface area contributed by atoms with Gasteiger partial charge in [0, 0.05) is 40.0 Å². The van der Waals surface area contributed by atoms with E-state index < -0.39 is 10.2 Å². The van der Waals surface area contributed by atoms with Gasteiger partial charge in [0.1, 0.15) is 5.82 Å². The van der Waals surface area contributed by atoms with Crippen molar-refractivity contribution in [2.75, 3.05) is 38.7 Å². The van der Waals surface area contributed by atoms with E-state index in [1.54, 1.807) is 18.3 Å². The minimum absolute atomic E-state index is 0.181. The maximum absolute atomic E-state index is 13.6. The van der Waals surface area contributed by atoms with Gasteiger partial charge in [-0.15, -0.1) is 5.10 Å². The van der Waals surface area contributed by atoms with E-state index in [9.17, 15) is 12.8 Å². The van der Waals surface area contributed by atoms with Crippen molar-refractivity contribution < 1.29 is 17.5 Å². The van der Waals surface area contributed by atoms with Crippen LogP contribution in [0, 0.1) is 11.7 Å². The van der Waals surface area contributed by atoms with Crippen LogP contribution in [0.1, 0.15) is 43.6 Å². The molecule has 1 N–H and O–H groups in total. The van der Waals surface area contributed by atoms with Crippen LogP contribution in [-0.4, -0.2) is 68.9 Å². The number of benzene rings is 1. The number of hydrogen-bond donors (Lipinski definition) is 1. The molecular formula is C24H34FN5O3S. The lowest BCUT2D eigenvalue weighted by atomic mass is 9.79. The van der Waals surface area contributed by atoms with Gasteiger partial charge in [-0.05, 0) is 73.8 Å². The number of halogens is 1. The van der Waals surface area contributed by atoms with E-state index >= 15 is 0 Å². The van der Waals surface area contributed by atoms with Gasteiger partial charge < -0.3 is 9.64 Å². The molecule has 1 aliphatic heterocycles. The third kappa shape index (κ3) is 6.29. The highest BCUT2D eigenvalue weighted by molar-refractivity contribution is 7.87. The Hall–Kier alpha value is -2.14. The third-order valence-corrected chi connectivity index (χ3v) is 8.50. The number of rotatable bonds is 8. The Balaban J connectivity index is 1.37. The predicted molar refractivity (Wildman–Crippen MR) is 129 cm³/mol. The van der Waals surface area contributed by atoms with Crippen molar-refractivity contribution in [2.24, 2.45) is 5.92 Å². The lowest BCUT2D eigenvalue weighted by Gasteiger charge is -2.40. The maximum Gasteiger partial charge on any atom is 0.279 e. The molecule has 1 saturated heterocycles. The van der Waals surface area contributed by atoms with Gasteiger partial charge in [0.15, 0.2) is 5.82 Å². The van der Waals surface area contributed by atoms with Crippen molar-refractivity contribution in [3.63, 3.8) is 0 Å². The molecule has 2 aliphatic rings. The summed E-state index contributed by atoms with van der Waals surface area (Å²) in [6.07, 6.45) is 5.98. The second kappa shape index (κ2) is 11.1. The summed E-state index contributed by atoms with van der Waals surface area (Å²) in [6, 6.07) is 10.3. The molecule has 1 aromatic carbocycles. The van der Waals surface area contributed by atoms with E-state index in [1.165, 1.54) is 24.5 Å². The fraction of sp³-hybridized carbons (Fsp3) is 0.583. The number of nitrogens with one attached hydrogen (secondary N) is 1. The van der Waals surface area contributed by atoms with Gasteiger partial charge in [0.2, 0.25) is 0 Å². The Bertz CT molecular complexity index is 1030. The monoisotopic (exact) mass is 491 g/mol. The van der Waals surface area contributed by atoms with E-state index in [1.807, 2.05) is 18.2 Å². The van der Waals surface area contributed by atoms with Crippen molar-refractivity contribution in [2.45, 2.75) is 50.2 Å². The maximum atomic E-state index is 13.6. The standard InChI is InChI=1S/C24H34FN5O3S/c1-29(2)34(31,32)28-22-12-14-30(24-7-4-13-26-27-24)16-23(22)33-17-18-8-10-19(11-9-18)20-5-3-6-21(25)15-20/h3-7,13,15,18-19,22-23,28H,8-12,14,16-17H2,1-2H3/t18?,19?,22-,23+/m0/s1. The van der Waals surface area contributed by atoms with Gasteiger partial charge in [0.25, 0.3) is 10.2 Å². The first-order valence-corrected chi connectivity index (χ1v) is 13.4. The van der Waals surface area contributed by atoms with E-state index in [4.69, 9.17) is 4.74 Å². The number of anilines is 1. The molecule has 2 heterocycles. The third-order valence-electron chi connectivity index (χ3n) is 6.94. The zero-order valence-electron chi connectivity index (χ0n) is 19.8. The number of piperidine rings is 1. The van der Waals surface area contributed by atoms with Gasteiger partial charge in [-0.2, -0.15) is 22.5 Å². The van der Waals surface area contributed by atoms with Crippen molar-refractivity contribution in [3.8, 4) is 0 Å². The van der Waals surface area contributed by atoms with E-state index in [-0.39, 0.29) is 18.0 Å². The van der Waals surface area contributed by atoms with Crippen LogP contribution in [0.25, 0.3) is 0 Å². The molecule has 2 atom stereocenters. The summed E-state index contributed by atoms with van der Waals surface area (Å²) in [7, 11) is -0.536. The number of aromatic nitrogens is 2. The summed E-state index contributed by atoms with van der Waals surface area (Å²) in [6.45, 7) is 1.78. The molecule has 0 amide bonds. The molecule has 186 valence electrons. The van der Waals surface area contributed by atoms with E-state index in [0.717, 1.165) is 37.1 Å².